The Bertz CT molecular complexity index is 914. The van der Waals surface area contributed by atoms with Crippen molar-refractivity contribution >= 4 is 39.5 Å². The highest BCUT2D eigenvalue weighted by molar-refractivity contribution is 7.17. The molecule has 0 atom stereocenters. The number of benzene rings is 2. The van der Waals surface area contributed by atoms with Crippen molar-refractivity contribution in [3.05, 3.63) is 75.8 Å². The lowest BCUT2D eigenvalue weighted by Gasteiger charge is -2.02. The third-order valence-corrected chi connectivity index (χ3v) is 4.33. The first-order chi connectivity index (χ1) is 11.2. The van der Waals surface area contributed by atoms with Crippen LogP contribution >= 0.6 is 22.9 Å². The molecule has 3 aromatic rings. The molecular formula is C17H10ClN3OS. The Labute approximate surface area is 142 Å². The van der Waals surface area contributed by atoms with Gasteiger partial charge >= 0.3 is 0 Å². The van der Waals surface area contributed by atoms with E-state index < -0.39 is 0 Å². The van der Waals surface area contributed by atoms with Crippen LogP contribution in [0.4, 0.5) is 10.8 Å². The van der Waals surface area contributed by atoms with E-state index in [1.807, 2.05) is 6.07 Å². The molecule has 1 heterocycles. The van der Waals surface area contributed by atoms with E-state index in [1.165, 1.54) is 17.5 Å². The van der Waals surface area contributed by atoms with E-state index in [4.69, 9.17) is 16.9 Å². The fourth-order valence-corrected chi connectivity index (χ4v) is 3.02. The van der Waals surface area contributed by atoms with E-state index in [1.54, 1.807) is 42.5 Å². The van der Waals surface area contributed by atoms with Gasteiger partial charge in [0.1, 0.15) is 0 Å². The molecule has 6 heteroatoms. The van der Waals surface area contributed by atoms with Crippen LogP contribution in [0.15, 0.2) is 54.7 Å². The van der Waals surface area contributed by atoms with Crippen molar-refractivity contribution < 1.29 is 4.79 Å². The number of hydrogen-bond donors (Lipinski definition) is 1. The molecule has 0 fully saturated rings. The van der Waals surface area contributed by atoms with Gasteiger partial charge in [-0.3, -0.25) is 4.79 Å². The SMILES string of the molecule is N#Cc1cccc(Nc2ncc(C(=O)c3ccccc3Cl)s2)c1. The molecule has 0 spiro atoms. The van der Waals surface area contributed by atoms with E-state index in [-0.39, 0.29) is 5.78 Å². The van der Waals surface area contributed by atoms with E-state index in [0.717, 1.165) is 5.69 Å². The van der Waals surface area contributed by atoms with E-state index in [2.05, 4.69) is 16.4 Å². The summed E-state index contributed by atoms with van der Waals surface area (Å²) in [5.74, 6) is -0.160. The Hall–Kier alpha value is -2.68. The zero-order valence-corrected chi connectivity index (χ0v) is 13.4. The smallest absolute Gasteiger partial charge is 0.206 e. The monoisotopic (exact) mass is 339 g/mol. The molecule has 0 aliphatic rings. The molecule has 0 saturated heterocycles. The predicted molar refractivity (Wildman–Crippen MR) is 91.4 cm³/mol. The quantitative estimate of drug-likeness (QED) is 0.703. The minimum Gasteiger partial charge on any atom is -0.331 e. The highest BCUT2D eigenvalue weighted by Crippen LogP contribution is 2.27. The van der Waals surface area contributed by atoms with E-state index >= 15 is 0 Å². The van der Waals surface area contributed by atoms with Crippen molar-refractivity contribution in [2.45, 2.75) is 0 Å². The van der Waals surface area contributed by atoms with Crippen LogP contribution in [0.1, 0.15) is 20.8 Å². The third kappa shape index (κ3) is 3.39. The van der Waals surface area contributed by atoms with Gasteiger partial charge in [-0.2, -0.15) is 5.26 Å². The summed E-state index contributed by atoms with van der Waals surface area (Å²) in [6.07, 6.45) is 1.52. The van der Waals surface area contributed by atoms with Gasteiger partial charge in [-0.25, -0.2) is 4.98 Å². The summed E-state index contributed by atoms with van der Waals surface area (Å²) >= 11 is 7.30. The highest BCUT2D eigenvalue weighted by Gasteiger charge is 2.15. The molecule has 0 amide bonds. The van der Waals surface area contributed by atoms with Crippen LogP contribution in [-0.4, -0.2) is 10.8 Å². The van der Waals surface area contributed by atoms with Crippen LogP contribution in [0.5, 0.6) is 0 Å². The van der Waals surface area contributed by atoms with E-state index in [0.29, 0.717) is 26.2 Å². The summed E-state index contributed by atoms with van der Waals surface area (Å²) in [7, 11) is 0. The molecule has 0 bridgehead atoms. The molecule has 23 heavy (non-hydrogen) atoms. The number of nitrogens with one attached hydrogen (secondary N) is 1. The van der Waals surface area contributed by atoms with Crippen LogP contribution in [0.25, 0.3) is 0 Å². The first-order valence-corrected chi connectivity index (χ1v) is 7.89. The maximum Gasteiger partial charge on any atom is 0.206 e. The molecule has 0 aliphatic heterocycles. The topological polar surface area (TPSA) is 65.8 Å². The van der Waals surface area contributed by atoms with Gasteiger partial charge in [-0.05, 0) is 30.3 Å². The minimum atomic E-state index is -0.160. The van der Waals surface area contributed by atoms with Gasteiger partial charge < -0.3 is 5.32 Å². The Morgan fingerprint density at radius 3 is 2.83 bits per heavy atom. The summed E-state index contributed by atoms with van der Waals surface area (Å²) in [5, 5.41) is 13.0. The molecule has 0 radical (unpaired) electrons. The molecule has 1 N–H and O–H groups in total. The first-order valence-electron chi connectivity index (χ1n) is 6.69. The largest absolute Gasteiger partial charge is 0.331 e. The van der Waals surface area contributed by atoms with Crippen molar-refractivity contribution in [1.29, 1.82) is 5.26 Å². The number of ketones is 1. The summed E-state index contributed by atoms with van der Waals surface area (Å²) in [4.78, 5) is 17.1. The van der Waals surface area contributed by atoms with Gasteiger partial charge in [0.15, 0.2) is 5.13 Å². The average molecular weight is 340 g/mol. The molecule has 0 saturated carbocycles. The van der Waals surface area contributed by atoms with Crippen molar-refractivity contribution in [2.75, 3.05) is 5.32 Å². The van der Waals surface area contributed by atoms with Gasteiger partial charge in [-0.1, -0.05) is 41.1 Å². The van der Waals surface area contributed by atoms with Crippen LogP contribution in [-0.2, 0) is 0 Å². The zero-order valence-electron chi connectivity index (χ0n) is 11.8. The number of thiazole rings is 1. The lowest BCUT2D eigenvalue weighted by Crippen LogP contribution is -1.99. The lowest BCUT2D eigenvalue weighted by atomic mass is 10.1. The molecular weight excluding hydrogens is 330 g/mol. The second-order valence-corrected chi connectivity index (χ2v) is 6.09. The zero-order chi connectivity index (χ0) is 16.2. The maximum absolute atomic E-state index is 12.4. The first kappa shape index (κ1) is 15.2. The summed E-state index contributed by atoms with van der Waals surface area (Å²) < 4.78 is 0. The highest BCUT2D eigenvalue weighted by atomic mass is 35.5. The number of rotatable bonds is 4. The van der Waals surface area contributed by atoms with Gasteiger partial charge in [0.05, 0.1) is 27.7 Å². The van der Waals surface area contributed by atoms with Gasteiger partial charge in [0, 0.05) is 11.3 Å². The van der Waals surface area contributed by atoms with E-state index in [9.17, 15) is 4.79 Å². The fourth-order valence-electron chi connectivity index (χ4n) is 2.00. The van der Waals surface area contributed by atoms with Crippen molar-refractivity contribution in [3.8, 4) is 6.07 Å². The lowest BCUT2D eigenvalue weighted by molar-refractivity contribution is 0.104. The number of halogens is 1. The summed E-state index contributed by atoms with van der Waals surface area (Å²) in [5.41, 5.74) is 1.75. The summed E-state index contributed by atoms with van der Waals surface area (Å²) in [6, 6.07) is 16.1. The van der Waals surface area contributed by atoms with Crippen LogP contribution < -0.4 is 5.32 Å². The Kier molecular flexibility index (Phi) is 4.38. The third-order valence-electron chi connectivity index (χ3n) is 3.09. The van der Waals surface area contributed by atoms with Crippen LogP contribution in [0.2, 0.25) is 5.02 Å². The van der Waals surface area contributed by atoms with Crippen molar-refractivity contribution in [2.24, 2.45) is 0 Å². The van der Waals surface area contributed by atoms with Crippen LogP contribution in [0.3, 0.4) is 0 Å². The maximum atomic E-state index is 12.4. The minimum absolute atomic E-state index is 0.160. The summed E-state index contributed by atoms with van der Waals surface area (Å²) in [6.45, 7) is 0. The Morgan fingerprint density at radius 2 is 2.04 bits per heavy atom. The molecule has 0 unspecified atom stereocenters. The molecule has 1 aromatic heterocycles. The van der Waals surface area contributed by atoms with Crippen molar-refractivity contribution in [3.63, 3.8) is 0 Å². The predicted octanol–water partition coefficient (Wildman–Crippen LogP) is 4.64. The molecule has 2 aromatic carbocycles. The fraction of sp³-hybridized carbons (Fsp3) is 0. The molecule has 3 rings (SSSR count). The van der Waals surface area contributed by atoms with Crippen LogP contribution in [0, 0.1) is 11.3 Å². The Balaban J connectivity index is 1.82. The number of aromatic nitrogens is 1. The number of carbonyl (C=O) groups excluding carboxylic acids is 1. The standard InChI is InChI=1S/C17H10ClN3OS/c18-14-7-2-1-6-13(14)16(22)15-10-20-17(23-15)21-12-5-3-4-11(8-12)9-19/h1-8,10H,(H,20,21). The second-order valence-electron chi connectivity index (χ2n) is 4.66. The number of nitriles is 1. The van der Waals surface area contributed by atoms with Crippen molar-refractivity contribution in [1.82, 2.24) is 4.98 Å². The number of nitrogens with zero attached hydrogens (tertiary/aromatic N) is 2. The normalized spacial score (nSPS) is 10.1. The molecule has 4 nitrogen and oxygen atoms in total. The van der Waals surface area contributed by atoms with Gasteiger partial charge in [-0.15, -0.1) is 0 Å². The molecule has 112 valence electrons. The van der Waals surface area contributed by atoms with Gasteiger partial charge in [0.2, 0.25) is 5.78 Å². The Morgan fingerprint density at radius 1 is 1.22 bits per heavy atom. The number of carbonyl (C=O) groups is 1. The van der Waals surface area contributed by atoms with Gasteiger partial charge in [0.25, 0.3) is 0 Å². The second kappa shape index (κ2) is 6.61. The number of anilines is 2. The average Bonchev–Trinajstić information content (AvgIpc) is 3.03. The molecule has 0 aliphatic carbocycles. The number of hydrogen-bond acceptors (Lipinski definition) is 5.